The number of nitrogens with one attached hydrogen (secondary N) is 2. The molecule has 0 aliphatic carbocycles. The van der Waals surface area contributed by atoms with E-state index < -0.39 is 0 Å². The molecule has 144 valence electrons. The number of amides is 1. The van der Waals surface area contributed by atoms with Crippen molar-refractivity contribution in [2.75, 3.05) is 44.7 Å². The van der Waals surface area contributed by atoms with E-state index in [1.165, 1.54) is 0 Å². The highest BCUT2D eigenvalue weighted by atomic mass is 16.5. The topological polar surface area (TPSA) is 79.4 Å². The molecule has 0 radical (unpaired) electrons. The first kappa shape index (κ1) is 19.3. The predicted molar refractivity (Wildman–Crippen MR) is 105 cm³/mol. The molecule has 7 heteroatoms. The van der Waals surface area contributed by atoms with Crippen LogP contribution in [0.4, 0.5) is 5.82 Å². The van der Waals surface area contributed by atoms with Gasteiger partial charge in [-0.05, 0) is 19.4 Å². The van der Waals surface area contributed by atoms with Crippen molar-refractivity contribution in [2.45, 2.75) is 19.9 Å². The van der Waals surface area contributed by atoms with Crippen LogP contribution in [0.15, 0.2) is 36.4 Å². The Morgan fingerprint density at radius 1 is 1.22 bits per heavy atom. The standard InChI is InChI=1S/C20H27N5O2/c1-15(17-6-4-3-5-7-17)22-19-14-18(23-16(2)24-19)20(26)21-8-9-25-10-12-27-13-11-25/h3-7,14-15H,8-13H2,1-2H3,(H,21,26)(H,22,23,24). The Hall–Kier alpha value is -2.51. The summed E-state index contributed by atoms with van der Waals surface area (Å²) in [7, 11) is 0. The average molecular weight is 369 g/mol. The molecule has 1 amide bonds. The predicted octanol–water partition coefficient (Wildman–Crippen LogP) is 2.02. The zero-order valence-corrected chi connectivity index (χ0v) is 15.9. The van der Waals surface area contributed by atoms with Gasteiger partial charge >= 0.3 is 0 Å². The van der Waals surface area contributed by atoms with Gasteiger partial charge in [0.1, 0.15) is 17.3 Å². The number of aromatic nitrogens is 2. The number of anilines is 1. The number of carbonyl (C=O) groups is 1. The molecule has 1 aromatic heterocycles. The molecule has 0 spiro atoms. The number of hydrogen-bond donors (Lipinski definition) is 2. The third kappa shape index (κ3) is 5.74. The van der Waals surface area contributed by atoms with Crippen LogP contribution in [0.25, 0.3) is 0 Å². The summed E-state index contributed by atoms with van der Waals surface area (Å²) in [4.78, 5) is 23.4. The van der Waals surface area contributed by atoms with Crippen LogP contribution >= 0.6 is 0 Å². The van der Waals surface area contributed by atoms with Gasteiger partial charge in [0.2, 0.25) is 0 Å². The number of ether oxygens (including phenoxy) is 1. The van der Waals surface area contributed by atoms with Gasteiger partial charge in [-0.3, -0.25) is 9.69 Å². The van der Waals surface area contributed by atoms with Crippen molar-refractivity contribution >= 4 is 11.7 Å². The summed E-state index contributed by atoms with van der Waals surface area (Å²) in [6.45, 7) is 8.60. The summed E-state index contributed by atoms with van der Waals surface area (Å²) in [5.74, 6) is 1.04. The van der Waals surface area contributed by atoms with Crippen molar-refractivity contribution in [1.82, 2.24) is 20.2 Å². The number of hydrogen-bond acceptors (Lipinski definition) is 6. The van der Waals surface area contributed by atoms with Crippen molar-refractivity contribution in [3.05, 3.63) is 53.5 Å². The Labute approximate surface area is 160 Å². The minimum atomic E-state index is -0.177. The summed E-state index contributed by atoms with van der Waals surface area (Å²) in [6, 6.07) is 11.9. The zero-order chi connectivity index (χ0) is 19.1. The number of aryl methyl sites for hydroxylation is 1. The van der Waals surface area contributed by atoms with Crippen LogP contribution in [0, 0.1) is 6.92 Å². The second-order valence-corrected chi connectivity index (χ2v) is 6.67. The molecular weight excluding hydrogens is 342 g/mol. The van der Waals surface area contributed by atoms with Gasteiger partial charge in [0.25, 0.3) is 5.91 Å². The van der Waals surface area contributed by atoms with E-state index in [1.54, 1.807) is 13.0 Å². The van der Waals surface area contributed by atoms with Gasteiger partial charge in [0.15, 0.2) is 0 Å². The SMILES string of the molecule is Cc1nc(NC(C)c2ccccc2)cc(C(=O)NCCN2CCOCC2)n1. The zero-order valence-electron chi connectivity index (χ0n) is 15.9. The van der Waals surface area contributed by atoms with Crippen LogP contribution in [0.1, 0.15) is 34.8 Å². The molecule has 2 N–H and O–H groups in total. The lowest BCUT2D eigenvalue weighted by Gasteiger charge is -2.26. The van der Waals surface area contributed by atoms with Gasteiger partial charge in [-0.15, -0.1) is 0 Å². The summed E-state index contributed by atoms with van der Waals surface area (Å²) in [5, 5.41) is 6.30. The lowest BCUT2D eigenvalue weighted by molar-refractivity contribution is 0.0383. The Balaban J connectivity index is 1.57. The fourth-order valence-electron chi connectivity index (χ4n) is 3.05. The summed E-state index contributed by atoms with van der Waals surface area (Å²) in [5.41, 5.74) is 1.54. The molecule has 27 heavy (non-hydrogen) atoms. The van der Waals surface area contributed by atoms with E-state index in [0.29, 0.717) is 23.9 Å². The van der Waals surface area contributed by atoms with E-state index >= 15 is 0 Å². The summed E-state index contributed by atoms with van der Waals surface area (Å²) in [6.07, 6.45) is 0. The highest BCUT2D eigenvalue weighted by Crippen LogP contribution is 2.18. The quantitative estimate of drug-likeness (QED) is 0.777. The molecule has 0 saturated carbocycles. The molecule has 1 saturated heterocycles. The molecule has 2 heterocycles. The van der Waals surface area contributed by atoms with Crippen LogP contribution in [0.5, 0.6) is 0 Å². The number of morpholine rings is 1. The number of rotatable bonds is 7. The van der Waals surface area contributed by atoms with E-state index in [0.717, 1.165) is 38.4 Å². The molecule has 1 atom stereocenters. The van der Waals surface area contributed by atoms with Gasteiger partial charge in [-0.2, -0.15) is 0 Å². The molecular formula is C20H27N5O2. The van der Waals surface area contributed by atoms with E-state index in [2.05, 4.69) is 44.6 Å². The van der Waals surface area contributed by atoms with Crippen molar-refractivity contribution in [1.29, 1.82) is 0 Å². The number of nitrogens with zero attached hydrogens (tertiary/aromatic N) is 3. The minimum absolute atomic E-state index is 0.0812. The molecule has 1 fully saturated rings. The Morgan fingerprint density at radius 3 is 2.70 bits per heavy atom. The van der Waals surface area contributed by atoms with Gasteiger partial charge in [0.05, 0.1) is 13.2 Å². The molecule has 1 aliphatic rings. The molecule has 1 aromatic carbocycles. The first-order chi connectivity index (χ1) is 13.1. The fraction of sp³-hybridized carbons (Fsp3) is 0.450. The van der Waals surface area contributed by atoms with E-state index in [4.69, 9.17) is 4.74 Å². The normalized spacial score (nSPS) is 15.9. The maximum atomic E-state index is 12.5. The molecule has 0 bridgehead atoms. The van der Waals surface area contributed by atoms with Crippen molar-refractivity contribution < 1.29 is 9.53 Å². The summed E-state index contributed by atoms with van der Waals surface area (Å²) >= 11 is 0. The third-order valence-electron chi connectivity index (χ3n) is 4.55. The van der Waals surface area contributed by atoms with Crippen molar-refractivity contribution in [3.8, 4) is 0 Å². The van der Waals surface area contributed by atoms with Crippen LogP contribution in [0.2, 0.25) is 0 Å². The third-order valence-corrected chi connectivity index (χ3v) is 4.55. The van der Waals surface area contributed by atoms with Crippen LogP contribution < -0.4 is 10.6 Å². The molecule has 1 unspecified atom stereocenters. The van der Waals surface area contributed by atoms with Crippen molar-refractivity contribution in [3.63, 3.8) is 0 Å². The molecule has 1 aliphatic heterocycles. The van der Waals surface area contributed by atoms with Crippen molar-refractivity contribution in [2.24, 2.45) is 0 Å². The van der Waals surface area contributed by atoms with Gasteiger partial charge in [0, 0.05) is 38.3 Å². The Bertz CT molecular complexity index is 747. The average Bonchev–Trinajstić information content (AvgIpc) is 2.69. The minimum Gasteiger partial charge on any atom is -0.379 e. The van der Waals surface area contributed by atoms with Gasteiger partial charge < -0.3 is 15.4 Å². The maximum absolute atomic E-state index is 12.5. The van der Waals surface area contributed by atoms with Gasteiger partial charge in [-0.25, -0.2) is 9.97 Å². The lowest BCUT2D eigenvalue weighted by Crippen LogP contribution is -2.41. The lowest BCUT2D eigenvalue weighted by atomic mass is 10.1. The second kappa shape index (κ2) is 9.43. The first-order valence-electron chi connectivity index (χ1n) is 9.37. The number of carbonyl (C=O) groups excluding carboxylic acids is 1. The largest absolute Gasteiger partial charge is 0.379 e. The van der Waals surface area contributed by atoms with E-state index in [1.807, 2.05) is 18.2 Å². The Kier molecular flexibility index (Phi) is 6.73. The molecule has 2 aromatic rings. The Morgan fingerprint density at radius 2 is 1.96 bits per heavy atom. The van der Waals surface area contributed by atoms with Crippen LogP contribution in [-0.2, 0) is 4.74 Å². The van der Waals surface area contributed by atoms with Gasteiger partial charge in [-0.1, -0.05) is 30.3 Å². The smallest absolute Gasteiger partial charge is 0.270 e. The summed E-state index contributed by atoms with van der Waals surface area (Å²) < 4.78 is 5.33. The van der Waals surface area contributed by atoms with Crippen LogP contribution in [0.3, 0.4) is 0 Å². The molecule has 3 rings (SSSR count). The highest BCUT2D eigenvalue weighted by molar-refractivity contribution is 5.92. The maximum Gasteiger partial charge on any atom is 0.270 e. The monoisotopic (exact) mass is 369 g/mol. The molecule has 7 nitrogen and oxygen atoms in total. The second-order valence-electron chi connectivity index (χ2n) is 6.67. The fourth-order valence-corrected chi connectivity index (χ4v) is 3.05. The highest BCUT2D eigenvalue weighted by Gasteiger charge is 2.14. The van der Waals surface area contributed by atoms with Crippen LogP contribution in [-0.4, -0.2) is 60.2 Å². The van der Waals surface area contributed by atoms with E-state index in [-0.39, 0.29) is 11.9 Å². The number of benzene rings is 1. The van der Waals surface area contributed by atoms with E-state index in [9.17, 15) is 4.79 Å². The first-order valence-corrected chi connectivity index (χ1v) is 9.37.